The number of nitrogens with one attached hydrogen (secondary N) is 1. The van der Waals surface area contributed by atoms with E-state index in [1.807, 2.05) is 5.32 Å². The van der Waals surface area contributed by atoms with Gasteiger partial charge in [0.2, 0.25) is 5.83 Å². The molecule has 1 N–H and O–H groups in total. The zero-order valence-corrected chi connectivity index (χ0v) is 7.84. The van der Waals surface area contributed by atoms with Gasteiger partial charge in [0.15, 0.2) is 0 Å². The molecule has 1 rings (SSSR count). The van der Waals surface area contributed by atoms with Crippen molar-refractivity contribution >= 4 is 5.91 Å². The van der Waals surface area contributed by atoms with E-state index in [0.717, 1.165) is 0 Å². The van der Waals surface area contributed by atoms with Crippen LogP contribution < -0.4 is 5.32 Å². The van der Waals surface area contributed by atoms with Crippen LogP contribution in [0.15, 0.2) is 22.9 Å². The summed E-state index contributed by atoms with van der Waals surface area (Å²) in [6, 6.07) is 0. The number of halogens is 2. The molecule has 15 heavy (non-hydrogen) atoms. The first kappa shape index (κ1) is 11.3. The number of likely N-dealkylation sites (N-methyl/N-ethyl adjacent to an activating group) is 1. The molecule has 5 nitrogen and oxygen atoms in total. The summed E-state index contributed by atoms with van der Waals surface area (Å²) in [5.74, 6) is -3.34. The first-order chi connectivity index (χ1) is 6.99. The third-order valence-electron chi connectivity index (χ3n) is 2.00. The molecule has 0 aliphatic heterocycles. The summed E-state index contributed by atoms with van der Waals surface area (Å²) in [6.07, 6.45) is -0.669. The quantitative estimate of drug-likeness (QED) is 0.559. The van der Waals surface area contributed by atoms with Gasteiger partial charge in [0.1, 0.15) is 11.4 Å². The molecule has 7 heteroatoms. The summed E-state index contributed by atoms with van der Waals surface area (Å²) in [5.41, 5.74) is -1.62. The van der Waals surface area contributed by atoms with E-state index in [9.17, 15) is 23.7 Å². The lowest BCUT2D eigenvalue weighted by Crippen LogP contribution is -2.24. The number of hydrogen-bond donors (Lipinski definition) is 1. The molecule has 82 valence electrons. The lowest BCUT2D eigenvalue weighted by molar-refractivity contribution is -0.430. The molecule has 0 bridgehead atoms. The highest BCUT2D eigenvalue weighted by Gasteiger charge is 2.33. The number of carbonyl (C=O) groups is 1. The molecule has 0 aromatic heterocycles. The fourth-order valence-corrected chi connectivity index (χ4v) is 1.25. The molecule has 1 amide bonds. The van der Waals surface area contributed by atoms with Gasteiger partial charge in [0, 0.05) is 19.9 Å². The smallest absolute Gasteiger partial charge is 0.282 e. The van der Waals surface area contributed by atoms with Gasteiger partial charge in [0.05, 0.1) is 4.92 Å². The van der Waals surface area contributed by atoms with Gasteiger partial charge in [-0.05, 0) is 0 Å². The Morgan fingerprint density at radius 2 is 2.07 bits per heavy atom. The van der Waals surface area contributed by atoms with Crippen molar-refractivity contribution in [2.24, 2.45) is 0 Å². The van der Waals surface area contributed by atoms with Crippen LogP contribution in [0.1, 0.15) is 12.8 Å². The summed E-state index contributed by atoms with van der Waals surface area (Å²) >= 11 is 0. The number of nitrogens with zero attached hydrogens (tertiary/aromatic N) is 1. The minimum Gasteiger partial charge on any atom is -0.355 e. The zero-order valence-electron chi connectivity index (χ0n) is 7.84. The number of amides is 1. The van der Waals surface area contributed by atoms with E-state index in [-0.39, 0.29) is 12.8 Å². The fourth-order valence-electron chi connectivity index (χ4n) is 1.25. The first-order valence-electron chi connectivity index (χ1n) is 4.13. The van der Waals surface area contributed by atoms with Crippen LogP contribution in [0.2, 0.25) is 0 Å². The van der Waals surface area contributed by atoms with Crippen molar-refractivity contribution in [1.82, 2.24) is 5.32 Å². The largest absolute Gasteiger partial charge is 0.355 e. The van der Waals surface area contributed by atoms with E-state index in [4.69, 9.17) is 0 Å². The molecule has 0 heterocycles. The SMILES string of the molecule is CNC(=O)C1=C(F)CCC([N+](=O)[O-])=C1F. The van der Waals surface area contributed by atoms with Crippen LogP contribution in [0.4, 0.5) is 8.78 Å². The fraction of sp³-hybridized carbons (Fsp3) is 0.375. The van der Waals surface area contributed by atoms with Gasteiger partial charge in [-0.15, -0.1) is 0 Å². The summed E-state index contributed by atoms with van der Waals surface area (Å²) < 4.78 is 26.4. The Kier molecular flexibility index (Phi) is 3.13. The predicted octanol–water partition coefficient (Wildman–Crippen LogP) is 1.21. The van der Waals surface area contributed by atoms with Crippen LogP contribution >= 0.6 is 0 Å². The van der Waals surface area contributed by atoms with Crippen LogP contribution in [0.3, 0.4) is 0 Å². The first-order valence-corrected chi connectivity index (χ1v) is 4.13. The molecule has 0 saturated carbocycles. The topological polar surface area (TPSA) is 72.2 Å². The molecule has 0 aromatic carbocycles. The van der Waals surface area contributed by atoms with Gasteiger partial charge in [-0.1, -0.05) is 0 Å². The average molecular weight is 218 g/mol. The second kappa shape index (κ2) is 4.16. The highest BCUT2D eigenvalue weighted by Crippen LogP contribution is 2.32. The minimum atomic E-state index is -1.39. The summed E-state index contributed by atoms with van der Waals surface area (Å²) in [6.45, 7) is 0. The van der Waals surface area contributed by atoms with Gasteiger partial charge in [-0.25, -0.2) is 4.39 Å². The molecule has 0 unspecified atom stereocenters. The number of allylic oxidation sites excluding steroid dienone is 2. The second-order valence-corrected chi connectivity index (χ2v) is 2.88. The predicted molar refractivity (Wildman–Crippen MR) is 46.6 cm³/mol. The molecule has 0 aromatic rings. The van der Waals surface area contributed by atoms with Crippen LogP contribution in [-0.4, -0.2) is 17.9 Å². The Hall–Kier alpha value is -1.79. The number of carbonyl (C=O) groups excluding carboxylic acids is 1. The van der Waals surface area contributed by atoms with E-state index in [0.29, 0.717) is 0 Å². The van der Waals surface area contributed by atoms with Gasteiger partial charge >= 0.3 is 0 Å². The van der Waals surface area contributed by atoms with Crippen LogP contribution in [0, 0.1) is 10.1 Å². The van der Waals surface area contributed by atoms with Gasteiger partial charge < -0.3 is 5.32 Å². The molecular formula is C8H8F2N2O3. The van der Waals surface area contributed by atoms with E-state index < -0.39 is 33.8 Å². The van der Waals surface area contributed by atoms with Crippen molar-refractivity contribution in [1.29, 1.82) is 0 Å². The lowest BCUT2D eigenvalue weighted by Gasteiger charge is -2.11. The Morgan fingerprint density at radius 1 is 1.47 bits per heavy atom. The Morgan fingerprint density at radius 3 is 2.53 bits per heavy atom. The molecule has 0 spiro atoms. The van der Waals surface area contributed by atoms with Crippen LogP contribution in [0.5, 0.6) is 0 Å². The Balaban J connectivity index is 3.22. The van der Waals surface area contributed by atoms with Crippen LogP contribution in [0.25, 0.3) is 0 Å². The third-order valence-corrected chi connectivity index (χ3v) is 2.00. The molecule has 0 radical (unpaired) electrons. The molecular weight excluding hydrogens is 210 g/mol. The highest BCUT2D eigenvalue weighted by molar-refractivity contribution is 5.97. The lowest BCUT2D eigenvalue weighted by atomic mass is 10.0. The number of nitro groups is 1. The Labute approximate surface area is 83.6 Å². The van der Waals surface area contributed by atoms with Crippen molar-refractivity contribution in [2.45, 2.75) is 12.8 Å². The zero-order chi connectivity index (χ0) is 11.6. The van der Waals surface area contributed by atoms with E-state index in [2.05, 4.69) is 0 Å². The Bertz CT molecular complexity index is 387. The number of hydrogen-bond acceptors (Lipinski definition) is 3. The second-order valence-electron chi connectivity index (χ2n) is 2.88. The monoisotopic (exact) mass is 218 g/mol. The highest BCUT2D eigenvalue weighted by atomic mass is 19.1. The average Bonchev–Trinajstić information content (AvgIpc) is 2.16. The molecule has 0 saturated heterocycles. The van der Waals surface area contributed by atoms with Gasteiger partial charge in [0.25, 0.3) is 11.6 Å². The van der Waals surface area contributed by atoms with Crippen LogP contribution in [-0.2, 0) is 4.79 Å². The maximum atomic E-state index is 13.3. The van der Waals surface area contributed by atoms with Crippen molar-refractivity contribution in [2.75, 3.05) is 7.05 Å². The maximum Gasteiger partial charge on any atom is 0.282 e. The molecule has 1 aliphatic carbocycles. The van der Waals surface area contributed by atoms with E-state index in [1.165, 1.54) is 7.05 Å². The van der Waals surface area contributed by atoms with E-state index in [1.54, 1.807) is 0 Å². The molecule has 1 aliphatic rings. The maximum absolute atomic E-state index is 13.3. The normalized spacial score (nSPS) is 16.7. The van der Waals surface area contributed by atoms with Crippen molar-refractivity contribution in [3.8, 4) is 0 Å². The molecule has 0 atom stereocenters. The van der Waals surface area contributed by atoms with Gasteiger partial charge in [-0.2, -0.15) is 4.39 Å². The minimum absolute atomic E-state index is 0.327. The summed E-state index contributed by atoms with van der Waals surface area (Å²) in [4.78, 5) is 20.5. The van der Waals surface area contributed by atoms with Gasteiger partial charge in [-0.3, -0.25) is 14.9 Å². The summed E-state index contributed by atoms with van der Waals surface area (Å²) in [7, 11) is 1.19. The van der Waals surface area contributed by atoms with Crippen molar-refractivity contribution in [3.63, 3.8) is 0 Å². The van der Waals surface area contributed by atoms with Crippen molar-refractivity contribution in [3.05, 3.63) is 33.0 Å². The summed E-state index contributed by atoms with van der Waals surface area (Å²) in [5, 5.41) is 12.4. The standard InChI is InChI=1S/C8H8F2N2O3/c1-11-8(13)6-4(9)2-3-5(7(6)10)12(14)15/h2-3H2,1H3,(H,11,13). The van der Waals surface area contributed by atoms with Crippen molar-refractivity contribution < 1.29 is 18.5 Å². The third kappa shape index (κ3) is 2.00. The van der Waals surface area contributed by atoms with E-state index >= 15 is 0 Å². The number of rotatable bonds is 2. The molecule has 0 fully saturated rings.